The molecule has 1 saturated heterocycles. The van der Waals surface area contributed by atoms with Crippen LogP contribution in [0.3, 0.4) is 0 Å². The van der Waals surface area contributed by atoms with Crippen molar-refractivity contribution in [2.24, 2.45) is 0 Å². The van der Waals surface area contributed by atoms with Gasteiger partial charge in [-0.05, 0) is 86.5 Å². The van der Waals surface area contributed by atoms with Gasteiger partial charge in [-0.3, -0.25) is 0 Å². The second-order valence-electron chi connectivity index (χ2n) is 14.6. The lowest BCUT2D eigenvalue weighted by atomic mass is 9.96. The molecule has 1 aliphatic rings. The van der Waals surface area contributed by atoms with Gasteiger partial charge in [0.1, 0.15) is 41.6 Å². The van der Waals surface area contributed by atoms with Crippen molar-refractivity contribution in [3.63, 3.8) is 0 Å². The zero-order valence-electron chi connectivity index (χ0n) is 33.6. The summed E-state index contributed by atoms with van der Waals surface area (Å²) >= 11 is 6.90. The molecule has 0 unspecified atom stereocenters. The second-order valence-corrected chi connectivity index (χ2v) is 15.0. The van der Waals surface area contributed by atoms with Crippen molar-refractivity contribution in [3.8, 4) is 22.6 Å². The molecular formula is C43H49ClFN5O9. The van der Waals surface area contributed by atoms with Gasteiger partial charge in [0.25, 0.3) is 0 Å². The van der Waals surface area contributed by atoms with Gasteiger partial charge in [0, 0.05) is 42.8 Å². The Bertz CT molecular complexity index is 2230. The van der Waals surface area contributed by atoms with Crippen molar-refractivity contribution in [1.29, 1.82) is 0 Å². The third kappa shape index (κ3) is 11.6. The number of hydrogen-bond donors (Lipinski definition) is 2. The number of aromatic hydroxyl groups is 1. The Balaban J connectivity index is 1.15. The van der Waals surface area contributed by atoms with E-state index in [1.165, 1.54) is 6.07 Å². The average Bonchev–Trinajstić information content (AvgIpc) is 3.20. The van der Waals surface area contributed by atoms with Gasteiger partial charge in [-0.1, -0.05) is 35.9 Å². The Kier molecular flexibility index (Phi) is 14.6. The van der Waals surface area contributed by atoms with Crippen LogP contribution in [0.25, 0.3) is 32.8 Å². The van der Waals surface area contributed by atoms with Gasteiger partial charge in [-0.25, -0.2) is 19.0 Å². The van der Waals surface area contributed by atoms with Crippen LogP contribution in [0, 0.1) is 5.82 Å². The molecule has 2 N–H and O–H groups in total. The maximum atomic E-state index is 17.0. The summed E-state index contributed by atoms with van der Waals surface area (Å²) < 4.78 is 49.4. The van der Waals surface area contributed by atoms with Crippen molar-refractivity contribution < 1.29 is 47.5 Å². The third-order valence-corrected chi connectivity index (χ3v) is 9.38. The molecule has 1 aromatic heterocycles. The van der Waals surface area contributed by atoms with E-state index in [9.17, 15) is 14.7 Å². The number of nitrogens with one attached hydrogen (secondary N) is 1. The van der Waals surface area contributed by atoms with Crippen LogP contribution in [0.4, 0.5) is 26.6 Å². The second kappa shape index (κ2) is 20.0. The fourth-order valence-electron chi connectivity index (χ4n) is 6.43. The minimum absolute atomic E-state index is 0.0274. The van der Waals surface area contributed by atoms with Crippen LogP contribution in [0.5, 0.6) is 11.5 Å². The number of piperazine rings is 1. The van der Waals surface area contributed by atoms with Crippen LogP contribution in [-0.4, -0.2) is 117 Å². The van der Waals surface area contributed by atoms with E-state index in [-0.39, 0.29) is 41.0 Å². The van der Waals surface area contributed by atoms with Crippen LogP contribution in [0.15, 0.2) is 66.7 Å². The molecule has 6 rings (SSSR count). The van der Waals surface area contributed by atoms with Crippen molar-refractivity contribution in [1.82, 2.24) is 14.9 Å². The molecule has 1 aliphatic heterocycles. The van der Waals surface area contributed by atoms with Crippen molar-refractivity contribution in [3.05, 3.63) is 77.6 Å². The van der Waals surface area contributed by atoms with Crippen molar-refractivity contribution in [2.45, 2.75) is 33.3 Å². The maximum Gasteiger partial charge on any atom is 0.410 e. The third-order valence-electron chi connectivity index (χ3n) is 9.09. The first-order valence-electron chi connectivity index (χ1n) is 19.4. The molecule has 59 heavy (non-hydrogen) atoms. The van der Waals surface area contributed by atoms with Crippen LogP contribution in [-0.2, 0) is 28.5 Å². The Labute approximate surface area is 347 Å². The first kappa shape index (κ1) is 43.1. The number of ether oxygens (including phenoxy) is 6. The minimum Gasteiger partial charge on any atom is -0.508 e. The Morgan fingerprint density at radius 3 is 2.24 bits per heavy atom. The number of rotatable bonds is 17. The number of phenols is 1. The molecule has 0 atom stereocenters. The molecule has 2 heterocycles. The zero-order chi connectivity index (χ0) is 41.9. The topological polar surface area (TPSA) is 154 Å². The fraction of sp³-hybridized carbons (Fsp3) is 0.395. The minimum atomic E-state index is -0.667. The number of benzene rings is 4. The summed E-state index contributed by atoms with van der Waals surface area (Å²) in [6, 6.07) is 19.3. The quantitative estimate of drug-likeness (QED) is 0.0694. The van der Waals surface area contributed by atoms with E-state index in [1.54, 1.807) is 48.2 Å². The summed E-state index contributed by atoms with van der Waals surface area (Å²) in [6.07, 6.45) is -0.401. The Hall–Kier alpha value is -5.48. The van der Waals surface area contributed by atoms with E-state index in [1.807, 2.05) is 49.9 Å². The molecule has 1 amide bonds. The number of aromatic nitrogens is 2. The van der Waals surface area contributed by atoms with Crippen molar-refractivity contribution in [2.75, 3.05) is 89.3 Å². The Morgan fingerprint density at radius 2 is 1.54 bits per heavy atom. The largest absolute Gasteiger partial charge is 0.508 e. The van der Waals surface area contributed by atoms with E-state index >= 15 is 4.39 Å². The first-order valence-corrected chi connectivity index (χ1v) is 19.8. The number of carbonyl (C=O) groups is 2. The number of halogens is 2. The van der Waals surface area contributed by atoms with Crippen LogP contribution in [0.2, 0.25) is 5.02 Å². The molecule has 0 spiro atoms. The monoisotopic (exact) mass is 833 g/mol. The number of nitrogens with zero attached hydrogens (tertiary/aromatic N) is 4. The van der Waals surface area contributed by atoms with Gasteiger partial charge < -0.3 is 48.6 Å². The van der Waals surface area contributed by atoms with Crippen LogP contribution < -0.4 is 15.0 Å². The van der Waals surface area contributed by atoms with E-state index in [0.717, 1.165) is 5.39 Å². The number of esters is 1. The summed E-state index contributed by atoms with van der Waals surface area (Å²) in [4.78, 5) is 37.2. The number of carbonyl (C=O) groups excluding carboxylic acids is 2. The molecular weight excluding hydrogens is 785 g/mol. The molecule has 4 aromatic carbocycles. The predicted octanol–water partition coefficient (Wildman–Crippen LogP) is 7.74. The smallest absolute Gasteiger partial charge is 0.410 e. The van der Waals surface area contributed by atoms with Crippen LogP contribution >= 0.6 is 11.6 Å². The van der Waals surface area contributed by atoms with Gasteiger partial charge in [0.2, 0.25) is 5.95 Å². The maximum absolute atomic E-state index is 17.0. The number of hydrogen-bond acceptors (Lipinski definition) is 13. The number of fused-ring (bicyclic) bond motifs is 2. The highest BCUT2D eigenvalue weighted by Gasteiger charge is 2.29. The van der Waals surface area contributed by atoms with E-state index in [0.29, 0.717) is 99.4 Å². The highest BCUT2D eigenvalue weighted by molar-refractivity contribution is 6.35. The van der Waals surface area contributed by atoms with Crippen molar-refractivity contribution >= 4 is 62.8 Å². The number of anilines is 3. The van der Waals surface area contributed by atoms with Gasteiger partial charge >= 0.3 is 12.1 Å². The SMILES string of the molecule is CCOC(=O)COCCOCCOCCOc1ccc(Nc2nc(N3CCN(C(=O)OC(C)(C)C)CC3)c3cc(Cl)c(-c4cc(O)cc5ccccc45)c(F)c3n2)cc1. The summed E-state index contributed by atoms with van der Waals surface area (Å²) in [6.45, 7) is 11.0. The lowest BCUT2D eigenvalue weighted by Gasteiger charge is -2.36. The van der Waals surface area contributed by atoms with Gasteiger partial charge in [-0.15, -0.1) is 0 Å². The average molecular weight is 834 g/mol. The number of phenolic OH excluding ortho intramolecular Hbond substituents is 1. The molecule has 5 aromatic rings. The number of amides is 1. The molecule has 0 radical (unpaired) electrons. The fourth-order valence-corrected chi connectivity index (χ4v) is 6.73. The molecule has 0 bridgehead atoms. The van der Waals surface area contributed by atoms with Gasteiger partial charge in [0.05, 0.1) is 44.7 Å². The molecule has 314 valence electrons. The lowest BCUT2D eigenvalue weighted by molar-refractivity contribution is -0.149. The molecule has 0 saturated carbocycles. The predicted molar refractivity (Wildman–Crippen MR) is 223 cm³/mol. The Morgan fingerprint density at radius 1 is 0.864 bits per heavy atom. The summed E-state index contributed by atoms with van der Waals surface area (Å²) in [5.74, 6) is 0.103. The summed E-state index contributed by atoms with van der Waals surface area (Å²) in [5, 5.41) is 15.8. The van der Waals surface area contributed by atoms with E-state index in [2.05, 4.69) is 10.3 Å². The molecule has 1 fully saturated rings. The highest BCUT2D eigenvalue weighted by atomic mass is 35.5. The van der Waals surface area contributed by atoms with Gasteiger partial charge in [0.15, 0.2) is 5.82 Å². The highest BCUT2D eigenvalue weighted by Crippen LogP contribution is 2.42. The van der Waals surface area contributed by atoms with E-state index in [4.69, 9.17) is 45.0 Å². The van der Waals surface area contributed by atoms with Gasteiger partial charge in [-0.2, -0.15) is 4.98 Å². The zero-order valence-corrected chi connectivity index (χ0v) is 34.4. The lowest BCUT2D eigenvalue weighted by Crippen LogP contribution is -2.50. The molecule has 14 nitrogen and oxygen atoms in total. The molecule has 16 heteroatoms. The first-order chi connectivity index (χ1) is 28.4. The standard InChI is InChI=1S/C43H49ClFN5O9/c1-5-57-36(52)27-56-21-20-54-18-19-55-22-23-58-31-12-10-29(11-13-31)46-41-47-39-34(40(48-41)49-14-16-50(17-15-49)42(53)59-43(2,3)4)26-35(44)37(38(39)45)33-25-30(51)24-28-8-6-7-9-32(28)33/h6-13,24-26,51H,5,14-23,27H2,1-4H3,(H,46,47,48). The summed E-state index contributed by atoms with van der Waals surface area (Å²) in [5.41, 5.74) is 0.560. The normalized spacial score (nSPS) is 13.2. The van der Waals surface area contributed by atoms with Crippen LogP contribution in [0.1, 0.15) is 27.7 Å². The van der Waals surface area contributed by atoms with E-state index < -0.39 is 23.5 Å². The summed E-state index contributed by atoms with van der Waals surface area (Å²) in [7, 11) is 0. The molecule has 0 aliphatic carbocycles.